The number of amides is 1. The number of nitrogens with one attached hydrogen (secondary N) is 1. The zero-order valence-electron chi connectivity index (χ0n) is 9.78. The lowest BCUT2D eigenvalue weighted by Crippen LogP contribution is -2.13. The lowest BCUT2D eigenvalue weighted by Gasteiger charge is -2.09. The number of hydrogen-bond donors (Lipinski definition) is 3. The smallest absolute Gasteiger partial charge is 0.255 e. The molecule has 0 spiro atoms. The highest BCUT2D eigenvalue weighted by Crippen LogP contribution is 2.26. The van der Waals surface area contributed by atoms with Crippen LogP contribution >= 0.6 is 27.5 Å². The molecule has 2 rings (SSSR count). The van der Waals surface area contributed by atoms with E-state index in [1.54, 1.807) is 36.4 Å². The number of carbonyl (C=O) groups is 1. The Morgan fingerprint density at radius 3 is 2.32 bits per heavy atom. The molecule has 19 heavy (non-hydrogen) atoms. The molecule has 0 saturated carbocycles. The number of hydrogen-bond acceptors (Lipinski definition) is 3. The Kier molecular flexibility index (Phi) is 3.97. The SMILES string of the molecule is Nc1cc(N)cc(C(=O)Nc2ccc(Cl)cc2Br)c1. The third-order valence-electron chi connectivity index (χ3n) is 2.42. The van der Waals surface area contributed by atoms with E-state index in [2.05, 4.69) is 21.2 Å². The van der Waals surface area contributed by atoms with Gasteiger partial charge in [-0.1, -0.05) is 11.6 Å². The number of nitrogens with two attached hydrogens (primary N) is 2. The van der Waals surface area contributed by atoms with Gasteiger partial charge in [-0.05, 0) is 52.3 Å². The summed E-state index contributed by atoms with van der Waals surface area (Å²) in [4.78, 5) is 12.1. The minimum atomic E-state index is -0.290. The standard InChI is InChI=1S/C13H11BrClN3O/c14-11-5-8(15)1-2-12(11)18-13(19)7-3-9(16)6-10(17)4-7/h1-6H,16-17H2,(H,18,19). The van der Waals surface area contributed by atoms with Gasteiger partial charge in [0.1, 0.15) is 0 Å². The molecule has 0 aliphatic rings. The number of rotatable bonds is 2. The molecule has 1 amide bonds. The zero-order chi connectivity index (χ0) is 14.0. The summed E-state index contributed by atoms with van der Waals surface area (Å²) in [7, 11) is 0. The second kappa shape index (κ2) is 5.50. The van der Waals surface area contributed by atoms with Gasteiger partial charge in [-0.2, -0.15) is 0 Å². The van der Waals surface area contributed by atoms with Crippen molar-refractivity contribution in [3.05, 3.63) is 51.5 Å². The molecule has 0 heterocycles. The van der Waals surface area contributed by atoms with Gasteiger partial charge in [0.15, 0.2) is 0 Å². The molecule has 4 nitrogen and oxygen atoms in total. The molecule has 6 heteroatoms. The maximum atomic E-state index is 12.1. The molecular formula is C13H11BrClN3O. The van der Waals surface area contributed by atoms with Gasteiger partial charge >= 0.3 is 0 Å². The maximum Gasteiger partial charge on any atom is 0.255 e. The van der Waals surface area contributed by atoms with Crippen molar-refractivity contribution >= 4 is 50.5 Å². The Balaban J connectivity index is 2.25. The van der Waals surface area contributed by atoms with Crippen LogP contribution in [-0.2, 0) is 0 Å². The first-order valence-electron chi connectivity index (χ1n) is 5.38. The van der Waals surface area contributed by atoms with Gasteiger partial charge in [-0.15, -0.1) is 0 Å². The predicted octanol–water partition coefficient (Wildman–Crippen LogP) is 3.52. The number of benzene rings is 2. The fraction of sp³-hybridized carbons (Fsp3) is 0. The van der Waals surface area contributed by atoms with Crippen LogP contribution in [0, 0.1) is 0 Å². The molecule has 2 aromatic rings. The van der Waals surface area contributed by atoms with Crippen molar-refractivity contribution in [3.8, 4) is 0 Å². The molecule has 0 saturated heterocycles. The van der Waals surface area contributed by atoms with Crippen molar-refractivity contribution in [1.29, 1.82) is 0 Å². The Labute approximate surface area is 123 Å². The van der Waals surface area contributed by atoms with E-state index in [4.69, 9.17) is 23.1 Å². The lowest BCUT2D eigenvalue weighted by molar-refractivity contribution is 0.102. The van der Waals surface area contributed by atoms with Crippen LogP contribution in [-0.4, -0.2) is 5.91 Å². The first-order chi connectivity index (χ1) is 8.95. The minimum Gasteiger partial charge on any atom is -0.399 e. The van der Waals surface area contributed by atoms with Gasteiger partial charge in [-0.3, -0.25) is 4.79 Å². The molecule has 0 fully saturated rings. The summed E-state index contributed by atoms with van der Waals surface area (Å²) in [6.07, 6.45) is 0. The third kappa shape index (κ3) is 3.39. The predicted molar refractivity (Wildman–Crippen MR) is 82.4 cm³/mol. The molecule has 98 valence electrons. The summed E-state index contributed by atoms with van der Waals surface area (Å²) in [6, 6.07) is 9.82. The molecule has 0 bridgehead atoms. The molecule has 0 aliphatic carbocycles. The fourth-order valence-corrected chi connectivity index (χ4v) is 2.37. The number of nitrogen functional groups attached to an aromatic ring is 2. The van der Waals surface area contributed by atoms with E-state index in [1.165, 1.54) is 0 Å². The van der Waals surface area contributed by atoms with Crippen LogP contribution in [0.25, 0.3) is 0 Å². The number of carbonyl (C=O) groups excluding carboxylic acids is 1. The first-order valence-corrected chi connectivity index (χ1v) is 6.55. The van der Waals surface area contributed by atoms with Crippen molar-refractivity contribution in [1.82, 2.24) is 0 Å². The second-order valence-corrected chi connectivity index (χ2v) is 5.26. The van der Waals surface area contributed by atoms with Crippen LogP contribution in [0.4, 0.5) is 17.1 Å². The molecule has 0 aromatic heterocycles. The molecule has 0 unspecified atom stereocenters. The molecule has 0 atom stereocenters. The van der Waals surface area contributed by atoms with E-state index in [0.29, 0.717) is 32.1 Å². The minimum absolute atomic E-state index is 0.290. The summed E-state index contributed by atoms with van der Waals surface area (Å²) in [5, 5.41) is 3.33. The number of halogens is 2. The van der Waals surface area contributed by atoms with Crippen molar-refractivity contribution in [3.63, 3.8) is 0 Å². The fourth-order valence-electron chi connectivity index (χ4n) is 1.59. The summed E-state index contributed by atoms with van der Waals surface area (Å²) in [6.45, 7) is 0. The van der Waals surface area contributed by atoms with E-state index in [9.17, 15) is 4.79 Å². The Morgan fingerprint density at radius 1 is 1.11 bits per heavy atom. The maximum absolute atomic E-state index is 12.1. The Hall–Kier alpha value is -1.72. The van der Waals surface area contributed by atoms with Crippen LogP contribution in [0.2, 0.25) is 5.02 Å². The van der Waals surface area contributed by atoms with Crippen LogP contribution < -0.4 is 16.8 Å². The number of anilines is 3. The van der Waals surface area contributed by atoms with E-state index in [1.807, 2.05) is 0 Å². The van der Waals surface area contributed by atoms with E-state index in [0.717, 1.165) is 0 Å². The summed E-state index contributed by atoms with van der Waals surface area (Å²) >= 11 is 9.16. The van der Waals surface area contributed by atoms with Crippen molar-refractivity contribution in [2.45, 2.75) is 0 Å². The van der Waals surface area contributed by atoms with Crippen LogP contribution in [0.1, 0.15) is 10.4 Å². The molecule has 0 aliphatic heterocycles. The van der Waals surface area contributed by atoms with Crippen LogP contribution in [0.5, 0.6) is 0 Å². The zero-order valence-corrected chi connectivity index (χ0v) is 12.1. The topological polar surface area (TPSA) is 81.1 Å². The van der Waals surface area contributed by atoms with E-state index in [-0.39, 0.29) is 5.91 Å². The quantitative estimate of drug-likeness (QED) is 0.732. The van der Waals surface area contributed by atoms with E-state index >= 15 is 0 Å². The summed E-state index contributed by atoms with van der Waals surface area (Å²) in [5.74, 6) is -0.290. The van der Waals surface area contributed by atoms with E-state index < -0.39 is 0 Å². The third-order valence-corrected chi connectivity index (χ3v) is 3.31. The van der Waals surface area contributed by atoms with Gasteiger partial charge in [0.25, 0.3) is 5.91 Å². The normalized spacial score (nSPS) is 10.2. The lowest BCUT2D eigenvalue weighted by atomic mass is 10.1. The van der Waals surface area contributed by atoms with Gasteiger partial charge in [0.2, 0.25) is 0 Å². The van der Waals surface area contributed by atoms with Crippen LogP contribution in [0.15, 0.2) is 40.9 Å². The van der Waals surface area contributed by atoms with Crippen molar-refractivity contribution < 1.29 is 4.79 Å². The monoisotopic (exact) mass is 339 g/mol. The van der Waals surface area contributed by atoms with Crippen LogP contribution in [0.3, 0.4) is 0 Å². The average Bonchev–Trinajstić information content (AvgIpc) is 2.31. The molecular weight excluding hydrogens is 330 g/mol. The second-order valence-electron chi connectivity index (χ2n) is 3.97. The van der Waals surface area contributed by atoms with Gasteiger partial charge < -0.3 is 16.8 Å². The van der Waals surface area contributed by atoms with Crippen molar-refractivity contribution in [2.75, 3.05) is 16.8 Å². The molecule has 0 radical (unpaired) electrons. The highest BCUT2D eigenvalue weighted by Gasteiger charge is 2.09. The van der Waals surface area contributed by atoms with Crippen molar-refractivity contribution in [2.24, 2.45) is 0 Å². The van der Waals surface area contributed by atoms with Gasteiger partial charge in [-0.25, -0.2) is 0 Å². The highest BCUT2D eigenvalue weighted by molar-refractivity contribution is 9.10. The molecule has 2 aromatic carbocycles. The van der Waals surface area contributed by atoms with Gasteiger partial charge in [0.05, 0.1) is 5.69 Å². The Morgan fingerprint density at radius 2 is 1.74 bits per heavy atom. The summed E-state index contributed by atoms with van der Waals surface area (Å²) in [5.41, 5.74) is 13.2. The highest BCUT2D eigenvalue weighted by atomic mass is 79.9. The molecule has 5 N–H and O–H groups in total. The largest absolute Gasteiger partial charge is 0.399 e. The average molecular weight is 341 g/mol. The first kappa shape index (κ1) is 13.7. The summed E-state index contributed by atoms with van der Waals surface area (Å²) < 4.78 is 0.699. The Bertz CT molecular complexity index is 626. The van der Waals surface area contributed by atoms with Gasteiger partial charge in [0, 0.05) is 26.4 Å².